The second kappa shape index (κ2) is 6.86. The summed E-state index contributed by atoms with van der Waals surface area (Å²) in [5.74, 6) is -0.0539. The number of rotatable bonds is 6. The van der Waals surface area contributed by atoms with Gasteiger partial charge < -0.3 is 10.6 Å². The zero-order valence-electron chi connectivity index (χ0n) is 11.8. The Labute approximate surface area is 119 Å². The van der Waals surface area contributed by atoms with Gasteiger partial charge in [-0.3, -0.25) is 4.79 Å². The molecule has 106 valence electrons. The van der Waals surface area contributed by atoms with Crippen LogP contribution in [0.1, 0.15) is 24.2 Å². The fraction of sp³-hybridized carbons (Fsp3) is 0.333. The number of hydrogen-bond donors (Lipinski definition) is 2. The standard InChI is InChI=1S/C15H20N4O/c1-3-16-12(2)11-17-15(20)13-5-7-14(8-6-13)19-10-4-9-18-19/h4-10,12,16H,3,11H2,1-2H3,(H,17,20)/t12-/m1/s1. The van der Waals surface area contributed by atoms with Crippen LogP contribution in [0.2, 0.25) is 0 Å². The number of carbonyl (C=O) groups excluding carboxylic acids is 1. The molecule has 0 aliphatic heterocycles. The Bertz CT molecular complexity index is 534. The molecule has 0 saturated carbocycles. The fourth-order valence-electron chi connectivity index (χ4n) is 1.96. The van der Waals surface area contributed by atoms with Crippen molar-refractivity contribution >= 4 is 5.91 Å². The molecule has 0 saturated heterocycles. The van der Waals surface area contributed by atoms with E-state index in [1.54, 1.807) is 10.9 Å². The normalized spacial score (nSPS) is 12.1. The number of benzene rings is 1. The Morgan fingerprint density at radius 2 is 2.10 bits per heavy atom. The molecule has 20 heavy (non-hydrogen) atoms. The van der Waals surface area contributed by atoms with Crippen molar-refractivity contribution < 1.29 is 4.79 Å². The number of hydrogen-bond acceptors (Lipinski definition) is 3. The van der Waals surface area contributed by atoms with Gasteiger partial charge in [-0.15, -0.1) is 0 Å². The second-order valence-corrected chi connectivity index (χ2v) is 4.67. The maximum absolute atomic E-state index is 12.0. The molecule has 5 heteroatoms. The molecule has 0 fully saturated rings. The minimum Gasteiger partial charge on any atom is -0.350 e. The zero-order chi connectivity index (χ0) is 14.4. The van der Waals surface area contributed by atoms with Crippen molar-refractivity contribution in [1.29, 1.82) is 0 Å². The van der Waals surface area contributed by atoms with Crippen LogP contribution in [0.4, 0.5) is 0 Å². The summed E-state index contributed by atoms with van der Waals surface area (Å²) in [6.07, 6.45) is 3.59. The SMILES string of the molecule is CCN[C@H](C)CNC(=O)c1ccc(-n2cccn2)cc1. The molecular weight excluding hydrogens is 252 g/mol. The zero-order valence-corrected chi connectivity index (χ0v) is 11.8. The number of aromatic nitrogens is 2. The molecule has 0 spiro atoms. The molecule has 1 atom stereocenters. The van der Waals surface area contributed by atoms with E-state index >= 15 is 0 Å². The van der Waals surface area contributed by atoms with Gasteiger partial charge in [0.05, 0.1) is 5.69 Å². The summed E-state index contributed by atoms with van der Waals surface area (Å²) in [5.41, 5.74) is 1.59. The summed E-state index contributed by atoms with van der Waals surface area (Å²) in [6, 6.07) is 9.52. The molecule has 0 aliphatic carbocycles. The second-order valence-electron chi connectivity index (χ2n) is 4.67. The van der Waals surface area contributed by atoms with Crippen LogP contribution >= 0.6 is 0 Å². The predicted octanol–water partition coefficient (Wildman–Crippen LogP) is 1.60. The van der Waals surface area contributed by atoms with E-state index in [2.05, 4.69) is 15.7 Å². The summed E-state index contributed by atoms with van der Waals surface area (Å²) < 4.78 is 1.76. The first-order valence-corrected chi connectivity index (χ1v) is 6.82. The first-order valence-electron chi connectivity index (χ1n) is 6.82. The van der Waals surface area contributed by atoms with Gasteiger partial charge in [0.25, 0.3) is 5.91 Å². The summed E-state index contributed by atoms with van der Waals surface area (Å²) in [4.78, 5) is 12.0. The molecule has 1 aromatic heterocycles. The lowest BCUT2D eigenvalue weighted by Gasteiger charge is -2.13. The van der Waals surface area contributed by atoms with E-state index in [4.69, 9.17) is 0 Å². The molecule has 0 bridgehead atoms. The minimum atomic E-state index is -0.0539. The van der Waals surface area contributed by atoms with Gasteiger partial charge in [-0.25, -0.2) is 4.68 Å². The molecule has 1 amide bonds. The van der Waals surface area contributed by atoms with Gasteiger partial charge in [0, 0.05) is 30.5 Å². The van der Waals surface area contributed by atoms with Crippen LogP contribution < -0.4 is 10.6 Å². The molecule has 0 radical (unpaired) electrons. The van der Waals surface area contributed by atoms with E-state index < -0.39 is 0 Å². The summed E-state index contributed by atoms with van der Waals surface area (Å²) >= 11 is 0. The van der Waals surface area contributed by atoms with Crippen LogP contribution in [0.15, 0.2) is 42.7 Å². The lowest BCUT2D eigenvalue weighted by molar-refractivity contribution is 0.0950. The van der Waals surface area contributed by atoms with E-state index in [9.17, 15) is 4.79 Å². The Hall–Kier alpha value is -2.14. The third kappa shape index (κ3) is 3.68. The first-order chi connectivity index (χ1) is 9.70. The summed E-state index contributed by atoms with van der Waals surface area (Å²) in [5, 5.41) is 10.3. The molecular formula is C15H20N4O. The van der Waals surface area contributed by atoms with E-state index in [-0.39, 0.29) is 11.9 Å². The van der Waals surface area contributed by atoms with Crippen LogP contribution in [-0.4, -0.2) is 34.8 Å². The molecule has 0 unspecified atom stereocenters. The molecule has 2 rings (SSSR count). The fourth-order valence-corrected chi connectivity index (χ4v) is 1.96. The molecule has 5 nitrogen and oxygen atoms in total. The van der Waals surface area contributed by atoms with Crippen LogP contribution in [0, 0.1) is 0 Å². The average molecular weight is 272 g/mol. The van der Waals surface area contributed by atoms with Crippen LogP contribution in [-0.2, 0) is 0 Å². The van der Waals surface area contributed by atoms with Crippen LogP contribution in [0.3, 0.4) is 0 Å². The largest absolute Gasteiger partial charge is 0.350 e. The van der Waals surface area contributed by atoms with Crippen molar-refractivity contribution in [2.75, 3.05) is 13.1 Å². The number of likely N-dealkylation sites (N-methyl/N-ethyl adjacent to an activating group) is 1. The van der Waals surface area contributed by atoms with E-state index in [1.165, 1.54) is 0 Å². The third-order valence-corrected chi connectivity index (χ3v) is 3.02. The Morgan fingerprint density at radius 1 is 1.35 bits per heavy atom. The van der Waals surface area contributed by atoms with Gasteiger partial charge in [0.1, 0.15) is 0 Å². The van der Waals surface area contributed by atoms with Crippen molar-refractivity contribution in [3.63, 3.8) is 0 Å². The van der Waals surface area contributed by atoms with Crippen molar-refractivity contribution in [2.45, 2.75) is 19.9 Å². The predicted molar refractivity (Wildman–Crippen MR) is 79.0 cm³/mol. The lowest BCUT2D eigenvalue weighted by atomic mass is 10.2. The summed E-state index contributed by atoms with van der Waals surface area (Å²) in [7, 11) is 0. The van der Waals surface area contributed by atoms with Crippen LogP contribution in [0.5, 0.6) is 0 Å². The van der Waals surface area contributed by atoms with Gasteiger partial charge in [-0.05, 0) is 43.8 Å². The topological polar surface area (TPSA) is 58.9 Å². The Morgan fingerprint density at radius 3 is 2.70 bits per heavy atom. The van der Waals surface area contributed by atoms with Gasteiger partial charge in [-0.2, -0.15) is 5.10 Å². The van der Waals surface area contributed by atoms with Crippen molar-refractivity contribution in [3.8, 4) is 5.69 Å². The van der Waals surface area contributed by atoms with Crippen molar-refractivity contribution in [1.82, 2.24) is 20.4 Å². The molecule has 1 aromatic carbocycles. The van der Waals surface area contributed by atoms with Gasteiger partial charge >= 0.3 is 0 Å². The van der Waals surface area contributed by atoms with Gasteiger partial charge in [0.2, 0.25) is 0 Å². The Balaban J connectivity index is 1.94. The van der Waals surface area contributed by atoms with E-state index in [1.807, 2.05) is 50.4 Å². The first kappa shape index (κ1) is 14.3. The van der Waals surface area contributed by atoms with Crippen molar-refractivity contribution in [3.05, 3.63) is 48.3 Å². The van der Waals surface area contributed by atoms with Gasteiger partial charge in [-0.1, -0.05) is 6.92 Å². The lowest BCUT2D eigenvalue weighted by Crippen LogP contribution is -2.38. The van der Waals surface area contributed by atoms with Crippen LogP contribution in [0.25, 0.3) is 5.69 Å². The van der Waals surface area contributed by atoms with Gasteiger partial charge in [0.15, 0.2) is 0 Å². The smallest absolute Gasteiger partial charge is 0.251 e. The maximum Gasteiger partial charge on any atom is 0.251 e. The van der Waals surface area contributed by atoms with E-state index in [0.717, 1.165) is 12.2 Å². The minimum absolute atomic E-state index is 0.0539. The molecule has 0 aliphatic rings. The molecule has 1 heterocycles. The highest BCUT2D eigenvalue weighted by Crippen LogP contribution is 2.08. The highest BCUT2D eigenvalue weighted by atomic mass is 16.1. The highest BCUT2D eigenvalue weighted by Gasteiger charge is 2.07. The number of nitrogens with zero attached hydrogens (tertiary/aromatic N) is 2. The molecule has 2 aromatic rings. The quantitative estimate of drug-likeness (QED) is 0.839. The number of nitrogens with one attached hydrogen (secondary N) is 2. The Kier molecular flexibility index (Phi) is 4.90. The number of amides is 1. The maximum atomic E-state index is 12.0. The van der Waals surface area contributed by atoms with E-state index in [0.29, 0.717) is 12.1 Å². The highest BCUT2D eigenvalue weighted by molar-refractivity contribution is 5.94. The number of carbonyl (C=O) groups is 1. The molecule has 2 N–H and O–H groups in total. The monoisotopic (exact) mass is 272 g/mol. The van der Waals surface area contributed by atoms with Crippen molar-refractivity contribution in [2.24, 2.45) is 0 Å². The summed E-state index contributed by atoms with van der Waals surface area (Å²) in [6.45, 7) is 5.61. The third-order valence-electron chi connectivity index (χ3n) is 3.02. The average Bonchev–Trinajstić information content (AvgIpc) is 2.99.